The minimum atomic E-state index is -4.59. The van der Waals surface area contributed by atoms with Gasteiger partial charge in [0.25, 0.3) is 0 Å². The Morgan fingerprint density at radius 2 is 1.95 bits per heavy atom. The average molecular weight is 335 g/mol. The van der Waals surface area contributed by atoms with Crippen molar-refractivity contribution in [3.63, 3.8) is 0 Å². The Kier molecular flexibility index (Phi) is 4.61. The highest BCUT2D eigenvalue weighted by Gasteiger charge is 2.37. The molecule has 0 spiro atoms. The number of halogens is 4. The topological polar surface area (TPSA) is 38.0 Å². The third-order valence-corrected chi connectivity index (χ3v) is 2.94. The first-order chi connectivity index (χ1) is 8.84. The molecule has 0 atom stereocenters. The lowest BCUT2D eigenvalue weighted by molar-refractivity contribution is -0.148. The number of fused-ring (bicyclic) bond motifs is 1. The average Bonchev–Trinajstić information content (AvgIpc) is 2.70. The SMILES string of the molecule is C#C.Cc1cc(Br)c2c(c1)nc(C(F)(F)F)n2CO. The van der Waals surface area contributed by atoms with E-state index in [1.165, 1.54) is 0 Å². The quantitative estimate of drug-likeness (QED) is 0.812. The predicted octanol–water partition coefficient (Wildman–Crippen LogP) is 3.33. The molecule has 0 unspecified atom stereocenters. The second-order valence-electron chi connectivity index (χ2n) is 3.62. The maximum Gasteiger partial charge on any atom is 0.449 e. The Morgan fingerprint density at radius 1 is 1.37 bits per heavy atom. The number of hydrogen-bond acceptors (Lipinski definition) is 2. The van der Waals surface area contributed by atoms with Crippen LogP contribution in [0, 0.1) is 19.8 Å². The molecule has 0 aliphatic heterocycles. The second-order valence-corrected chi connectivity index (χ2v) is 4.47. The lowest BCUT2D eigenvalue weighted by Crippen LogP contribution is -2.15. The summed E-state index contributed by atoms with van der Waals surface area (Å²) in [5.41, 5.74) is 1.24. The van der Waals surface area contributed by atoms with E-state index >= 15 is 0 Å². The molecule has 0 bridgehead atoms. The Hall–Kier alpha value is -1.52. The van der Waals surface area contributed by atoms with E-state index in [0.29, 0.717) is 4.47 Å². The number of aliphatic hydroxyl groups excluding tert-OH is 1. The number of terminal acetylenes is 1. The fourth-order valence-corrected chi connectivity index (χ4v) is 2.48. The van der Waals surface area contributed by atoms with Crippen LogP contribution in [-0.4, -0.2) is 14.7 Å². The maximum atomic E-state index is 12.7. The fourth-order valence-electron chi connectivity index (χ4n) is 1.70. The Labute approximate surface area is 116 Å². The van der Waals surface area contributed by atoms with E-state index in [1.807, 2.05) is 0 Å². The van der Waals surface area contributed by atoms with Gasteiger partial charge in [-0.2, -0.15) is 13.2 Å². The number of imidazole rings is 1. The molecular weight excluding hydrogens is 325 g/mol. The van der Waals surface area contributed by atoms with Crippen molar-refractivity contribution in [3.05, 3.63) is 28.0 Å². The summed E-state index contributed by atoms with van der Waals surface area (Å²) in [6, 6.07) is 3.22. The van der Waals surface area contributed by atoms with Crippen molar-refractivity contribution in [3.8, 4) is 12.8 Å². The van der Waals surface area contributed by atoms with Crippen LogP contribution in [0.3, 0.4) is 0 Å². The molecule has 3 nitrogen and oxygen atoms in total. The number of alkyl halides is 3. The number of nitrogens with zero attached hydrogens (tertiary/aromatic N) is 2. The summed E-state index contributed by atoms with van der Waals surface area (Å²) in [4.78, 5) is 3.52. The first-order valence-corrected chi connectivity index (χ1v) is 5.81. The first-order valence-electron chi connectivity index (χ1n) is 5.02. The van der Waals surface area contributed by atoms with Crippen molar-refractivity contribution in [2.24, 2.45) is 0 Å². The summed E-state index contributed by atoms with van der Waals surface area (Å²) in [6.45, 7) is 0.989. The van der Waals surface area contributed by atoms with Gasteiger partial charge in [0.05, 0.1) is 11.0 Å². The predicted molar refractivity (Wildman–Crippen MR) is 69.3 cm³/mol. The van der Waals surface area contributed by atoms with Crippen molar-refractivity contribution in [1.82, 2.24) is 9.55 Å². The van der Waals surface area contributed by atoms with E-state index in [1.54, 1.807) is 19.1 Å². The third-order valence-electron chi connectivity index (χ3n) is 2.33. The van der Waals surface area contributed by atoms with Gasteiger partial charge in [-0.25, -0.2) is 4.98 Å². The molecule has 0 saturated carbocycles. The lowest BCUT2D eigenvalue weighted by atomic mass is 10.2. The Balaban J connectivity index is 0.000000861. The number of aryl methyl sites for hydroxylation is 1. The van der Waals surface area contributed by atoms with Crippen LogP contribution < -0.4 is 0 Å². The van der Waals surface area contributed by atoms with Crippen LogP contribution in [-0.2, 0) is 12.9 Å². The van der Waals surface area contributed by atoms with Gasteiger partial charge in [0.2, 0.25) is 5.82 Å². The molecule has 102 valence electrons. The summed E-state index contributed by atoms with van der Waals surface area (Å²) in [6.07, 6.45) is 3.41. The largest absolute Gasteiger partial charge is 0.449 e. The fraction of sp³-hybridized carbons (Fsp3) is 0.250. The second kappa shape index (κ2) is 5.63. The maximum absolute atomic E-state index is 12.7. The first kappa shape index (κ1) is 15.5. The van der Waals surface area contributed by atoms with Gasteiger partial charge in [-0.3, -0.25) is 4.57 Å². The number of hydrogen-bond donors (Lipinski definition) is 1. The van der Waals surface area contributed by atoms with Crippen LogP contribution in [0.2, 0.25) is 0 Å². The van der Waals surface area contributed by atoms with E-state index in [0.717, 1.165) is 10.1 Å². The minimum absolute atomic E-state index is 0.207. The Morgan fingerprint density at radius 3 is 2.42 bits per heavy atom. The number of aromatic nitrogens is 2. The highest BCUT2D eigenvalue weighted by molar-refractivity contribution is 9.10. The highest BCUT2D eigenvalue weighted by atomic mass is 79.9. The van der Waals surface area contributed by atoms with Crippen molar-refractivity contribution in [2.45, 2.75) is 19.8 Å². The van der Waals surface area contributed by atoms with Crippen LogP contribution >= 0.6 is 15.9 Å². The highest BCUT2D eigenvalue weighted by Crippen LogP contribution is 2.34. The summed E-state index contributed by atoms with van der Waals surface area (Å²) in [7, 11) is 0. The molecule has 1 heterocycles. The van der Waals surface area contributed by atoms with Gasteiger partial charge < -0.3 is 5.11 Å². The van der Waals surface area contributed by atoms with E-state index in [-0.39, 0.29) is 11.0 Å². The van der Waals surface area contributed by atoms with Gasteiger partial charge in [0, 0.05) is 4.47 Å². The summed E-state index contributed by atoms with van der Waals surface area (Å²) < 4.78 is 39.3. The third kappa shape index (κ3) is 2.91. The van der Waals surface area contributed by atoms with E-state index in [9.17, 15) is 13.2 Å². The molecule has 1 aromatic heterocycles. The Bertz CT molecular complexity index is 617. The van der Waals surface area contributed by atoms with Crippen molar-refractivity contribution >= 4 is 27.0 Å². The van der Waals surface area contributed by atoms with Gasteiger partial charge in [-0.05, 0) is 40.5 Å². The van der Waals surface area contributed by atoms with Gasteiger partial charge in [-0.15, -0.1) is 12.8 Å². The van der Waals surface area contributed by atoms with Crippen LogP contribution in [0.25, 0.3) is 11.0 Å². The zero-order chi connectivity index (χ0) is 14.8. The molecule has 2 aromatic rings. The minimum Gasteiger partial charge on any atom is -0.376 e. The molecule has 0 saturated heterocycles. The summed E-state index contributed by atoms with van der Waals surface area (Å²) in [5, 5.41) is 9.06. The van der Waals surface area contributed by atoms with Crippen LogP contribution in [0.4, 0.5) is 13.2 Å². The molecular formula is C12H10BrF3N2O. The zero-order valence-electron chi connectivity index (χ0n) is 9.87. The van der Waals surface area contributed by atoms with Gasteiger partial charge in [0.15, 0.2) is 0 Å². The standard InChI is InChI=1S/C10H8BrF3N2O.C2H2/c1-5-2-6(11)8-7(3-5)15-9(10(12,13)14)16(8)4-17;1-2/h2-3,17H,4H2,1H3;1-2H. The lowest BCUT2D eigenvalue weighted by Gasteiger charge is -2.08. The van der Waals surface area contributed by atoms with Gasteiger partial charge >= 0.3 is 6.18 Å². The van der Waals surface area contributed by atoms with Gasteiger partial charge in [0.1, 0.15) is 6.73 Å². The normalized spacial score (nSPS) is 11.2. The molecule has 7 heteroatoms. The molecule has 2 rings (SSSR count). The molecule has 1 N–H and O–H groups in total. The number of rotatable bonds is 1. The summed E-state index contributed by atoms with van der Waals surface area (Å²) >= 11 is 3.18. The van der Waals surface area contributed by atoms with Crippen molar-refractivity contribution in [1.29, 1.82) is 0 Å². The monoisotopic (exact) mass is 334 g/mol. The van der Waals surface area contributed by atoms with Crippen molar-refractivity contribution < 1.29 is 18.3 Å². The molecule has 0 fully saturated rings. The van der Waals surface area contributed by atoms with Crippen LogP contribution in [0.5, 0.6) is 0 Å². The molecule has 0 aliphatic carbocycles. The van der Waals surface area contributed by atoms with Crippen LogP contribution in [0.1, 0.15) is 11.4 Å². The smallest absolute Gasteiger partial charge is 0.376 e. The summed E-state index contributed by atoms with van der Waals surface area (Å²) in [5.74, 6) is -1.10. The number of benzene rings is 1. The van der Waals surface area contributed by atoms with Gasteiger partial charge in [-0.1, -0.05) is 0 Å². The molecule has 0 radical (unpaired) electrons. The zero-order valence-corrected chi connectivity index (χ0v) is 11.5. The van der Waals surface area contributed by atoms with E-state index in [4.69, 9.17) is 5.11 Å². The molecule has 0 aliphatic rings. The van der Waals surface area contributed by atoms with Crippen molar-refractivity contribution in [2.75, 3.05) is 0 Å². The number of aliphatic hydroxyl groups is 1. The molecule has 19 heavy (non-hydrogen) atoms. The van der Waals surface area contributed by atoms with Crippen LogP contribution in [0.15, 0.2) is 16.6 Å². The molecule has 1 aromatic carbocycles. The van der Waals surface area contributed by atoms with E-state index < -0.39 is 18.7 Å². The molecule has 0 amide bonds. The van der Waals surface area contributed by atoms with E-state index in [2.05, 4.69) is 33.8 Å².